The van der Waals surface area contributed by atoms with Crippen LogP contribution in [0.5, 0.6) is 0 Å². The maximum absolute atomic E-state index is 11.0. The van der Waals surface area contributed by atoms with Gasteiger partial charge in [-0.15, -0.1) is 0 Å². The highest BCUT2D eigenvalue weighted by atomic mass is 16.5. The van der Waals surface area contributed by atoms with Crippen LogP contribution in [0, 0.1) is 0 Å². The molecule has 0 aliphatic rings. The van der Waals surface area contributed by atoms with Gasteiger partial charge in [0.1, 0.15) is 0 Å². The summed E-state index contributed by atoms with van der Waals surface area (Å²) in [7, 11) is 1.46. The van der Waals surface area contributed by atoms with Gasteiger partial charge in [-0.1, -0.05) is 144 Å². The van der Waals surface area contributed by atoms with E-state index in [9.17, 15) is 15.0 Å². The molecule has 0 saturated heterocycles. The average molecular weight is 557 g/mol. The van der Waals surface area contributed by atoms with Crippen LogP contribution >= 0.6 is 0 Å². The maximum Gasteiger partial charge on any atom is 0.305 e. The summed E-state index contributed by atoms with van der Waals surface area (Å²) < 4.78 is 4.66. The predicted octanol–water partition coefficient (Wildman–Crippen LogP) is 9.65. The lowest BCUT2D eigenvalue weighted by Gasteiger charge is -2.15. The molecule has 4 nitrogen and oxygen atoms in total. The molecular weight excluding hydrogens is 496 g/mol. The predicted molar refractivity (Wildman–Crippen MR) is 172 cm³/mol. The molecular formula is C36H60O4. The number of methoxy groups -OCH3 is 1. The molecule has 0 saturated carbocycles. The first-order valence-electron chi connectivity index (χ1n) is 15.9. The lowest BCUT2D eigenvalue weighted by Crippen LogP contribution is -2.18. The summed E-state index contributed by atoms with van der Waals surface area (Å²) >= 11 is 0. The van der Waals surface area contributed by atoms with Crippen LogP contribution in [-0.4, -0.2) is 35.0 Å². The molecule has 0 aliphatic heterocycles. The molecule has 4 heteroatoms. The maximum atomic E-state index is 11.0. The Morgan fingerprint density at radius 2 is 1.32 bits per heavy atom. The van der Waals surface area contributed by atoms with Crippen LogP contribution in [0.1, 0.15) is 129 Å². The Bertz CT molecular complexity index is 755. The highest BCUT2D eigenvalue weighted by Crippen LogP contribution is 2.14. The second kappa shape index (κ2) is 28.4. The van der Waals surface area contributed by atoms with Crippen LogP contribution in [0.3, 0.4) is 0 Å². The van der Waals surface area contributed by atoms with Crippen LogP contribution in [-0.2, 0) is 9.53 Å². The summed E-state index contributed by atoms with van der Waals surface area (Å²) in [5.74, 6) is -0.0845. The van der Waals surface area contributed by atoms with Gasteiger partial charge in [0, 0.05) is 6.42 Å². The van der Waals surface area contributed by atoms with Gasteiger partial charge >= 0.3 is 5.97 Å². The number of allylic oxidation sites excluding steroid dienone is 8. The van der Waals surface area contributed by atoms with Gasteiger partial charge in [-0.2, -0.15) is 0 Å². The van der Waals surface area contributed by atoms with Gasteiger partial charge in [0.15, 0.2) is 0 Å². The average Bonchev–Trinajstić information content (AvgIpc) is 2.93. The minimum Gasteiger partial charge on any atom is -0.469 e. The zero-order chi connectivity index (χ0) is 29.6. The molecule has 0 spiro atoms. The van der Waals surface area contributed by atoms with Gasteiger partial charge < -0.3 is 14.9 Å². The first-order valence-corrected chi connectivity index (χ1v) is 15.9. The highest BCUT2D eigenvalue weighted by molar-refractivity contribution is 5.68. The number of carbonyl (C=O) groups is 1. The SMILES string of the molecule is CC/C=C\C[C@@](C)(O)\C=C/C=C/C=C/[C@H](O)C/C=C\C/C=C\CCCCCCCCCCCCCCC(=O)OC. The fourth-order valence-electron chi connectivity index (χ4n) is 4.24. The third-order valence-electron chi connectivity index (χ3n) is 6.77. The van der Waals surface area contributed by atoms with E-state index in [2.05, 4.69) is 36.0 Å². The molecule has 40 heavy (non-hydrogen) atoms. The minimum absolute atomic E-state index is 0.0845. The normalized spacial score (nSPS) is 15.0. The monoisotopic (exact) mass is 556 g/mol. The Hall–Kier alpha value is -2.17. The second-order valence-corrected chi connectivity index (χ2v) is 10.9. The van der Waals surface area contributed by atoms with E-state index in [1.165, 1.54) is 71.3 Å². The fourth-order valence-corrected chi connectivity index (χ4v) is 4.24. The summed E-state index contributed by atoms with van der Waals surface area (Å²) in [6.07, 6.45) is 43.3. The number of aliphatic hydroxyl groups excluding tert-OH is 1. The van der Waals surface area contributed by atoms with Crippen molar-refractivity contribution in [1.29, 1.82) is 0 Å². The van der Waals surface area contributed by atoms with Crippen molar-refractivity contribution in [2.75, 3.05) is 7.11 Å². The van der Waals surface area contributed by atoms with Crippen LogP contribution in [0.4, 0.5) is 0 Å². The quantitative estimate of drug-likeness (QED) is 0.0482. The molecule has 0 fully saturated rings. The number of carbonyl (C=O) groups excluding carboxylic acids is 1. The number of unbranched alkanes of at least 4 members (excludes halogenated alkanes) is 12. The number of hydrogen-bond donors (Lipinski definition) is 2. The third kappa shape index (κ3) is 28.8. The molecule has 0 rings (SSSR count). The molecule has 0 aromatic rings. The van der Waals surface area contributed by atoms with Gasteiger partial charge in [-0.3, -0.25) is 4.79 Å². The summed E-state index contributed by atoms with van der Waals surface area (Å²) in [4.78, 5) is 11.0. The summed E-state index contributed by atoms with van der Waals surface area (Å²) in [5, 5.41) is 20.3. The van der Waals surface area contributed by atoms with Crippen molar-refractivity contribution in [3.63, 3.8) is 0 Å². The van der Waals surface area contributed by atoms with Crippen LogP contribution in [0.15, 0.2) is 72.9 Å². The first kappa shape index (κ1) is 37.8. The molecule has 0 unspecified atom stereocenters. The van der Waals surface area contributed by atoms with Gasteiger partial charge in [-0.25, -0.2) is 0 Å². The van der Waals surface area contributed by atoms with E-state index in [4.69, 9.17) is 0 Å². The molecule has 0 heterocycles. The molecule has 0 aromatic carbocycles. The summed E-state index contributed by atoms with van der Waals surface area (Å²) in [5.41, 5.74) is -0.838. The van der Waals surface area contributed by atoms with Crippen molar-refractivity contribution >= 4 is 5.97 Å². The molecule has 0 aromatic heterocycles. The summed E-state index contributed by atoms with van der Waals surface area (Å²) in [6, 6.07) is 0. The lowest BCUT2D eigenvalue weighted by atomic mass is 10.0. The van der Waals surface area contributed by atoms with E-state index < -0.39 is 11.7 Å². The standard InChI is InChI=1S/C36H60O4/c1-4-5-27-32-36(2,39)33-28-23-22-25-30-34(37)29-24-20-18-16-14-12-10-8-6-7-9-11-13-15-17-19-21-26-31-35(38)40-3/h5,14,16,20,22-25,27-28,30,33-34,37,39H,4,6-13,15,17-19,21,26,29,31-32H2,1-3H3/b16-14-,23-22+,24-20-,27-5-,30-25+,33-28-/t34-,36-/m1/s1. The van der Waals surface area contributed by atoms with E-state index in [0.717, 1.165) is 32.1 Å². The molecule has 0 aliphatic carbocycles. The number of ether oxygens (including phenoxy) is 1. The number of rotatable bonds is 26. The van der Waals surface area contributed by atoms with Crippen molar-refractivity contribution in [1.82, 2.24) is 0 Å². The van der Waals surface area contributed by atoms with E-state index in [0.29, 0.717) is 19.3 Å². The fraction of sp³-hybridized carbons (Fsp3) is 0.639. The van der Waals surface area contributed by atoms with Crippen molar-refractivity contribution in [2.24, 2.45) is 0 Å². The van der Waals surface area contributed by atoms with Gasteiger partial charge in [0.25, 0.3) is 0 Å². The molecule has 228 valence electrons. The lowest BCUT2D eigenvalue weighted by molar-refractivity contribution is -0.140. The third-order valence-corrected chi connectivity index (χ3v) is 6.77. The number of hydrogen-bond acceptors (Lipinski definition) is 4. The largest absolute Gasteiger partial charge is 0.469 e. The van der Waals surface area contributed by atoms with Gasteiger partial charge in [0.2, 0.25) is 0 Å². The topological polar surface area (TPSA) is 66.8 Å². The zero-order valence-electron chi connectivity index (χ0n) is 25.9. The second-order valence-electron chi connectivity index (χ2n) is 10.9. The van der Waals surface area contributed by atoms with Crippen molar-refractivity contribution in [2.45, 2.75) is 141 Å². The first-order chi connectivity index (χ1) is 19.4. The van der Waals surface area contributed by atoms with Crippen molar-refractivity contribution in [3.05, 3.63) is 72.9 Å². The Balaban J connectivity index is 3.60. The zero-order valence-corrected chi connectivity index (χ0v) is 25.9. The molecule has 2 atom stereocenters. The van der Waals surface area contributed by atoms with Gasteiger partial charge in [-0.05, 0) is 51.9 Å². The van der Waals surface area contributed by atoms with E-state index in [1.807, 2.05) is 36.5 Å². The molecule has 0 bridgehead atoms. The Morgan fingerprint density at radius 1 is 0.750 bits per heavy atom. The minimum atomic E-state index is -0.838. The molecule has 2 N–H and O–H groups in total. The number of aliphatic hydroxyl groups is 2. The van der Waals surface area contributed by atoms with E-state index in [1.54, 1.807) is 19.1 Å². The van der Waals surface area contributed by atoms with Crippen LogP contribution < -0.4 is 0 Å². The van der Waals surface area contributed by atoms with Crippen LogP contribution in [0.2, 0.25) is 0 Å². The Kier molecular flexibility index (Phi) is 26.8. The van der Waals surface area contributed by atoms with E-state index in [-0.39, 0.29) is 5.97 Å². The number of esters is 1. The Labute approximate surface area is 246 Å². The molecule has 0 radical (unpaired) electrons. The molecule has 0 amide bonds. The van der Waals surface area contributed by atoms with Crippen molar-refractivity contribution in [3.8, 4) is 0 Å². The van der Waals surface area contributed by atoms with Crippen LogP contribution in [0.25, 0.3) is 0 Å². The van der Waals surface area contributed by atoms with E-state index >= 15 is 0 Å². The summed E-state index contributed by atoms with van der Waals surface area (Å²) in [6.45, 7) is 3.88. The smallest absolute Gasteiger partial charge is 0.305 e. The van der Waals surface area contributed by atoms with Gasteiger partial charge in [0.05, 0.1) is 18.8 Å². The van der Waals surface area contributed by atoms with Crippen molar-refractivity contribution < 1.29 is 19.7 Å². The highest BCUT2D eigenvalue weighted by Gasteiger charge is 2.12. The Morgan fingerprint density at radius 3 is 1.95 bits per heavy atom.